The Morgan fingerprint density at radius 1 is 1.14 bits per heavy atom. The predicted molar refractivity (Wildman–Crippen MR) is 71.9 cm³/mol. The lowest BCUT2D eigenvalue weighted by Gasteiger charge is -2.40. The Morgan fingerprint density at radius 3 is 2.24 bits per heavy atom. The first-order valence-electron chi connectivity index (χ1n) is 6.92. The lowest BCUT2D eigenvalue weighted by Crippen LogP contribution is -2.51. The lowest BCUT2D eigenvalue weighted by atomic mass is 9.87. The van der Waals surface area contributed by atoms with Crippen LogP contribution in [0.1, 0.15) is 37.3 Å². The van der Waals surface area contributed by atoms with Crippen LogP contribution in [0.3, 0.4) is 0 Å². The molecular formula is C15H18F3NO2. The summed E-state index contributed by atoms with van der Waals surface area (Å²) in [5.74, 6) is -1.12. The van der Waals surface area contributed by atoms with E-state index in [1.165, 1.54) is 19.1 Å². The van der Waals surface area contributed by atoms with Crippen LogP contribution in [0.5, 0.6) is 0 Å². The van der Waals surface area contributed by atoms with Crippen LogP contribution in [0, 0.1) is 0 Å². The summed E-state index contributed by atoms with van der Waals surface area (Å²) in [4.78, 5) is 13.5. The van der Waals surface area contributed by atoms with Crippen molar-refractivity contribution in [2.45, 2.75) is 37.9 Å². The van der Waals surface area contributed by atoms with E-state index in [-0.39, 0.29) is 5.56 Å². The molecule has 2 rings (SSSR count). The highest BCUT2D eigenvalue weighted by atomic mass is 19.4. The third kappa shape index (κ3) is 3.05. The summed E-state index contributed by atoms with van der Waals surface area (Å²) in [6.45, 7) is 2.65. The number of benzene rings is 1. The molecule has 0 amide bonds. The van der Waals surface area contributed by atoms with Gasteiger partial charge in [0.1, 0.15) is 5.54 Å². The van der Waals surface area contributed by atoms with E-state index in [4.69, 9.17) is 0 Å². The van der Waals surface area contributed by atoms with Crippen LogP contribution in [-0.4, -0.2) is 29.1 Å². The SMILES string of the molecule is CC(C(=O)O)(c1cccc(C(F)(F)F)c1)N1CCCCC1. The molecule has 21 heavy (non-hydrogen) atoms. The van der Waals surface area contributed by atoms with Crippen LogP contribution in [0.2, 0.25) is 0 Å². The summed E-state index contributed by atoms with van der Waals surface area (Å²) >= 11 is 0. The van der Waals surface area contributed by atoms with E-state index < -0.39 is 23.2 Å². The summed E-state index contributed by atoms with van der Waals surface area (Å²) in [6.07, 6.45) is -1.73. The molecule has 1 aromatic carbocycles. The molecule has 0 spiro atoms. The number of alkyl halides is 3. The Balaban J connectivity index is 2.45. The number of rotatable bonds is 3. The Hall–Kier alpha value is -1.56. The zero-order valence-corrected chi connectivity index (χ0v) is 11.8. The molecule has 1 N–H and O–H groups in total. The molecule has 1 aliphatic heterocycles. The number of piperidine rings is 1. The van der Waals surface area contributed by atoms with E-state index in [0.29, 0.717) is 13.1 Å². The van der Waals surface area contributed by atoms with Crippen molar-refractivity contribution >= 4 is 5.97 Å². The summed E-state index contributed by atoms with van der Waals surface area (Å²) in [6, 6.07) is 4.63. The number of carboxylic acids is 1. The van der Waals surface area contributed by atoms with Crippen LogP contribution in [-0.2, 0) is 16.5 Å². The quantitative estimate of drug-likeness (QED) is 0.929. The molecule has 0 bridgehead atoms. The number of hydrogen-bond donors (Lipinski definition) is 1. The minimum Gasteiger partial charge on any atom is -0.480 e. The molecule has 6 heteroatoms. The van der Waals surface area contributed by atoms with Crippen molar-refractivity contribution in [1.82, 2.24) is 4.90 Å². The summed E-state index contributed by atoms with van der Waals surface area (Å²) in [5.41, 5.74) is -2.07. The van der Waals surface area contributed by atoms with Gasteiger partial charge in [-0.1, -0.05) is 18.6 Å². The maximum Gasteiger partial charge on any atom is 0.416 e. The molecule has 0 aromatic heterocycles. The van der Waals surface area contributed by atoms with Crippen LogP contribution in [0.4, 0.5) is 13.2 Å². The van der Waals surface area contributed by atoms with Gasteiger partial charge in [-0.2, -0.15) is 13.2 Å². The van der Waals surface area contributed by atoms with Crippen LogP contribution in [0.25, 0.3) is 0 Å². The van der Waals surface area contributed by atoms with Gasteiger partial charge in [0.15, 0.2) is 0 Å². The normalized spacial score (nSPS) is 20.0. The second-order valence-electron chi connectivity index (χ2n) is 5.50. The Morgan fingerprint density at radius 2 is 1.71 bits per heavy atom. The molecule has 3 nitrogen and oxygen atoms in total. The summed E-state index contributed by atoms with van der Waals surface area (Å²) in [7, 11) is 0. The zero-order chi connectivity index (χ0) is 15.7. The number of carboxylic acid groups (broad SMARTS) is 1. The van der Waals surface area contributed by atoms with Gasteiger partial charge < -0.3 is 5.11 Å². The van der Waals surface area contributed by atoms with Gasteiger partial charge in [0.25, 0.3) is 0 Å². The zero-order valence-electron chi connectivity index (χ0n) is 11.8. The molecule has 116 valence electrons. The highest BCUT2D eigenvalue weighted by Crippen LogP contribution is 2.35. The molecule has 0 aliphatic carbocycles. The average molecular weight is 301 g/mol. The second-order valence-corrected chi connectivity index (χ2v) is 5.50. The minimum atomic E-state index is -4.47. The third-order valence-electron chi connectivity index (χ3n) is 4.16. The molecule has 1 aromatic rings. The first-order chi connectivity index (χ1) is 9.76. The van der Waals surface area contributed by atoms with Gasteiger partial charge in [-0.15, -0.1) is 0 Å². The van der Waals surface area contributed by atoms with Crippen molar-refractivity contribution in [3.63, 3.8) is 0 Å². The standard InChI is InChI=1S/C15H18F3NO2/c1-14(13(20)21,19-8-3-2-4-9-19)11-6-5-7-12(10-11)15(16,17)18/h5-7,10H,2-4,8-9H2,1H3,(H,20,21). The van der Waals surface area contributed by atoms with Gasteiger partial charge in [0.05, 0.1) is 5.56 Å². The van der Waals surface area contributed by atoms with Crippen molar-refractivity contribution in [3.05, 3.63) is 35.4 Å². The van der Waals surface area contributed by atoms with Gasteiger partial charge in [0, 0.05) is 0 Å². The monoisotopic (exact) mass is 301 g/mol. The van der Waals surface area contributed by atoms with Gasteiger partial charge in [-0.3, -0.25) is 4.90 Å². The van der Waals surface area contributed by atoms with E-state index in [0.717, 1.165) is 31.4 Å². The number of halogens is 3. The summed E-state index contributed by atoms with van der Waals surface area (Å²) < 4.78 is 38.5. The van der Waals surface area contributed by atoms with Crippen molar-refractivity contribution in [1.29, 1.82) is 0 Å². The van der Waals surface area contributed by atoms with Crippen LogP contribution < -0.4 is 0 Å². The van der Waals surface area contributed by atoms with E-state index in [2.05, 4.69) is 0 Å². The second kappa shape index (κ2) is 5.67. The lowest BCUT2D eigenvalue weighted by molar-refractivity contribution is -0.152. The van der Waals surface area contributed by atoms with Gasteiger partial charge in [-0.05, 0) is 50.6 Å². The smallest absolute Gasteiger partial charge is 0.416 e. The molecule has 1 heterocycles. The fraction of sp³-hybridized carbons (Fsp3) is 0.533. The maximum atomic E-state index is 12.8. The molecule has 0 saturated carbocycles. The number of carbonyl (C=O) groups is 1. The molecule has 1 atom stereocenters. The van der Waals surface area contributed by atoms with Crippen molar-refractivity contribution in [2.75, 3.05) is 13.1 Å². The molecule has 0 radical (unpaired) electrons. The highest BCUT2D eigenvalue weighted by Gasteiger charge is 2.43. The molecular weight excluding hydrogens is 283 g/mol. The fourth-order valence-electron chi connectivity index (χ4n) is 2.78. The van der Waals surface area contributed by atoms with Gasteiger partial charge in [0.2, 0.25) is 0 Å². The predicted octanol–water partition coefficient (Wildman–Crippen LogP) is 3.49. The van der Waals surface area contributed by atoms with Crippen molar-refractivity contribution < 1.29 is 23.1 Å². The maximum absolute atomic E-state index is 12.8. The largest absolute Gasteiger partial charge is 0.480 e. The van der Waals surface area contributed by atoms with Crippen LogP contribution >= 0.6 is 0 Å². The topological polar surface area (TPSA) is 40.5 Å². The fourth-order valence-corrected chi connectivity index (χ4v) is 2.78. The third-order valence-corrected chi connectivity index (χ3v) is 4.16. The molecule has 1 fully saturated rings. The number of hydrogen-bond acceptors (Lipinski definition) is 2. The van der Waals surface area contributed by atoms with E-state index in [1.54, 1.807) is 4.90 Å². The highest BCUT2D eigenvalue weighted by molar-refractivity contribution is 5.80. The Labute approximate surface area is 121 Å². The van der Waals surface area contributed by atoms with E-state index >= 15 is 0 Å². The minimum absolute atomic E-state index is 0.173. The average Bonchev–Trinajstić information content (AvgIpc) is 2.46. The van der Waals surface area contributed by atoms with Crippen LogP contribution in [0.15, 0.2) is 24.3 Å². The first-order valence-corrected chi connectivity index (χ1v) is 6.92. The number of likely N-dealkylation sites (tertiary alicyclic amines) is 1. The van der Waals surface area contributed by atoms with Gasteiger partial charge >= 0.3 is 12.1 Å². The van der Waals surface area contributed by atoms with Crippen molar-refractivity contribution in [3.8, 4) is 0 Å². The first kappa shape index (κ1) is 15.8. The molecule has 1 aliphatic rings. The van der Waals surface area contributed by atoms with E-state index in [1.807, 2.05) is 0 Å². The molecule has 1 unspecified atom stereocenters. The number of nitrogens with zero attached hydrogens (tertiary/aromatic N) is 1. The van der Waals surface area contributed by atoms with Crippen molar-refractivity contribution in [2.24, 2.45) is 0 Å². The molecule has 1 saturated heterocycles. The number of aliphatic carboxylic acids is 1. The van der Waals surface area contributed by atoms with Gasteiger partial charge in [-0.25, -0.2) is 4.79 Å². The van der Waals surface area contributed by atoms with E-state index in [9.17, 15) is 23.1 Å². The summed E-state index contributed by atoms with van der Waals surface area (Å²) in [5, 5.41) is 9.61. The Kier molecular flexibility index (Phi) is 4.27. The Bertz CT molecular complexity index is 524.